The van der Waals surface area contributed by atoms with Gasteiger partial charge in [0, 0.05) is 17.0 Å². The molecule has 142 valence electrons. The summed E-state index contributed by atoms with van der Waals surface area (Å²) in [5, 5.41) is 3.29. The summed E-state index contributed by atoms with van der Waals surface area (Å²) in [6.45, 7) is 0. The highest BCUT2D eigenvalue weighted by atomic mass is 35.5. The second kappa shape index (κ2) is 9.20. The summed E-state index contributed by atoms with van der Waals surface area (Å²) in [7, 11) is 1.29. The third-order valence-electron chi connectivity index (χ3n) is 4.43. The second-order valence-electron chi connectivity index (χ2n) is 6.29. The summed E-state index contributed by atoms with van der Waals surface area (Å²) in [6.07, 6.45) is 0.250. The molecule has 5 heteroatoms. The predicted molar refractivity (Wildman–Crippen MR) is 110 cm³/mol. The van der Waals surface area contributed by atoms with Crippen molar-refractivity contribution in [1.29, 1.82) is 0 Å². The fourth-order valence-electron chi connectivity index (χ4n) is 2.91. The first-order chi connectivity index (χ1) is 13.6. The van der Waals surface area contributed by atoms with Crippen molar-refractivity contribution in [3.8, 4) is 11.1 Å². The maximum atomic E-state index is 12.6. The van der Waals surface area contributed by atoms with Crippen molar-refractivity contribution in [3.63, 3.8) is 0 Å². The van der Waals surface area contributed by atoms with Crippen molar-refractivity contribution in [3.05, 3.63) is 95.0 Å². The first kappa shape index (κ1) is 19.6. The lowest BCUT2D eigenvalue weighted by molar-refractivity contribution is -0.142. The standard InChI is InChI=1S/C23H20ClNO3/c1-28-23(27)21(15-19-9-5-6-10-20(19)24)25-22(26)18-13-11-17(12-14-18)16-7-3-2-4-8-16/h2-14,21H,15H2,1H3,(H,25,26)/t21-/m1/s1. The zero-order chi connectivity index (χ0) is 19.9. The number of carbonyl (C=O) groups excluding carboxylic acids is 2. The minimum absolute atomic E-state index is 0.250. The normalized spacial score (nSPS) is 11.5. The molecule has 0 aliphatic carbocycles. The average Bonchev–Trinajstić information content (AvgIpc) is 2.75. The van der Waals surface area contributed by atoms with Crippen molar-refractivity contribution in [1.82, 2.24) is 5.32 Å². The molecule has 4 nitrogen and oxygen atoms in total. The average molecular weight is 394 g/mol. The van der Waals surface area contributed by atoms with Crippen LogP contribution in [0, 0.1) is 0 Å². The zero-order valence-electron chi connectivity index (χ0n) is 15.4. The number of esters is 1. The van der Waals surface area contributed by atoms with Crippen LogP contribution in [0.3, 0.4) is 0 Å². The van der Waals surface area contributed by atoms with Crippen LogP contribution >= 0.6 is 11.6 Å². The van der Waals surface area contributed by atoms with Gasteiger partial charge in [0.05, 0.1) is 7.11 Å². The Bertz CT molecular complexity index is 955. The van der Waals surface area contributed by atoms with Crippen LogP contribution < -0.4 is 5.32 Å². The van der Waals surface area contributed by atoms with Crippen molar-refractivity contribution in [2.45, 2.75) is 12.5 Å². The lowest BCUT2D eigenvalue weighted by atomic mass is 10.0. The van der Waals surface area contributed by atoms with E-state index >= 15 is 0 Å². The topological polar surface area (TPSA) is 55.4 Å². The summed E-state index contributed by atoms with van der Waals surface area (Å²) < 4.78 is 4.84. The molecular weight excluding hydrogens is 374 g/mol. The highest BCUT2D eigenvalue weighted by Crippen LogP contribution is 2.20. The third-order valence-corrected chi connectivity index (χ3v) is 4.80. The van der Waals surface area contributed by atoms with E-state index in [1.165, 1.54) is 7.11 Å². The van der Waals surface area contributed by atoms with Crippen LogP contribution in [0.2, 0.25) is 5.02 Å². The van der Waals surface area contributed by atoms with Crippen LogP contribution in [0.4, 0.5) is 0 Å². The predicted octanol–water partition coefficient (Wildman–Crippen LogP) is 4.52. The molecule has 3 aromatic carbocycles. The van der Waals surface area contributed by atoms with Crippen LogP contribution in [-0.2, 0) is 16.0 Å². The Hall–Kier alpha value is -3.11. The Morgan fingerprint density at radius 3 is 2.14 bits per heavy atom. The fraction of sp³-hybridized carbons (Fsp3) is 0.130. The summed E-state index contributed by atoms with van der Waals surface area (Å²) in [6, 6.07) is 23.5. The van der Waals surface area contributed by atoms with Crippen molar-refractivity contribution in [2.75, 3.05) is 7.11 Å². The van der Waals surface area contributed by atoms with Gasteiger partial charge in [-0.05, 0) is 34.9 Å². The van der Waals surface area contributed by atoms with Crippen molar-refractivity contribution >= 4 is 23.5 Å². The molecule has 0 saturated heterocycles. The third kappa shape index (κ3) is 4.78. The van der Waals surface area contributed by atoms with E-state index in [1.54, 1.807) is 18.2 Å². The van der Waals surface area contributed by atoms with Gasteiger partial charge in [-0.2, -0.15) is 0 Å². The first-order valence-electron chi connectivity index (χ1n) is 8.86. The van der Waals surface area contributed by atoms with E-state index in [4.69, 9.17) is 16.3 Å². The molecule has 3 rings (SSSR count). The molecule has 1 amide bonds. The van der Waals surface area contributed by atoms with Crippen LogP contribution in [-0.4, -0.2) is 25.0 Å². The van der Waals surface area contributed by atoms with Gasteiger partial charge in [-0.3, -0.25) is 4.79 Å². The van der Waals surface area contributed by atoms with Crippen LogP contribution in [0.5, 0.6) is 0 Å². The lowest BCUT2D eigenvalue weighted by Crippen LogP contribution is -2.43. The maximum Gasteiger partial charge on any atom is 0.328 e. The van der Waals surface area contributed by atoms with Gasteiger partial charge in [-0.1, -0.05) is 72.3 Å². The number of hydrogen-bond donors (Lipinski definition) is 1. The van der Waals surface area contributed by atoms with Gasteiger partial charge in [0.25, 0.3) is 5.91 Å². The van der Waals surface area contributed by atoms with Gasteiger partial charge < -0.3 is 10.1 Å². The molecule has 0 heterocycles. The fourth-order valence-corrected chi connectivity index (χ4v) is 3.12. The van der Waals surface area contributed by atoms with Gasteiger partial charge in [-0.25, -0.2) is 4.79 Å². The molecule has 0 aliphatic heterocycles. The monoisotopic (exact) mass is 393 g/mol. The Morgan fingerprint density at radius 1 is 0.893 bits per heavy atom. The SMILES string of the molecule is COC(=O)[C@@H](Cc1ccccc1Cl)NC(=O)c1ccc(-c2ccccc2)cc1. The zero-order valence-corrected chi connectivity index (χ0v) is 16.1. The van der Waals surface area contributed by atoms with E-state index in [-0.39, 0.29) is 12.3 Å². The molecule has 0 aromatic heterocycles. The van der Waals surface area contributed by atoms with Gasteiger partial charge in [0.1, 0.15) is 6.04 Å². The molecule has 1 N–H and O–H groups in total. The summed E-state index contributed by atoms with van der Waals surface area (Å²) in [4.78, 5) is 24.8. The second-order valence-corrected chi connectivity index (χ2v) is 6.70. The van der Waals surface area contributed by atoms with E-state index in [1.807, 2.05) is 60.7 Å². The molecule has 0 aliphatic rings. The number of nitrogens with one attached hydrogen (secondary N) is 1. The number of halogens is 1. The molecule has 3 aromatic rings. The van der Waals surface area contributed by atoms with Crippen molar-refractivity contribution < 1.29 is 14.3 Å². The molecule has 1 atom stereocenters. The summed E-state index contributed by atoms with van der Waals surface area (Å²) in [5.74, 6) is -0.865. The van der Waals surface area contributed by atoms with E-state index in [0.29, 0.717) is 10.6 Å². The summed E-state index contributed by atoms with van der Waals surface area (Å²) >= 11 is 6.18. The summed E-state index contributed by atoms with van der Waals surface area (Å²) in [5.41, 5.74) is 3.31. The van der Waals surface area contributed by atoms with E-state index in [2.05, 4.69) is 5.32 Å². The van der Waals surface area contributed by atoms with Gasteiger partial charge in [0.2, 0.25) is 0 Å². The van der Waals surface area contributed by atoms with Gasteiger partial charge in [-0.15, -0.1) is 0 Å². The van der Waals surface area contributed by atoms with Crippen LogP contribution in [0.15, 0.2) is 78.9 Å². The molecule has 28 heavy (non-hydrogen) atoms. The number of carbonyl (C=O) groups is 2. The number of ether oxygens (including phenoxy) is 1. The smallest absolute Gasteiger partial charge is 0.328 e. The van der Waals surface area contributed by atoms with E-state index in [0.717, 1.165) is 16.7 Å². The van der Waals surface area contributed by atoms with Crippen LogP contribution in [0.25, 0.3) is 11.1 Å². The first-order valence-corrected chi connectivity index (χ1v) is 9.24. The molecule has 0 unspecified atom stereocenters. The Labute approximate surface area is 169 Å². The number of hydrogen-bond acceptors (Lipinski definition) is 3. The Morgan fingerprint density at radius 2 is 1.50 bits per heavy atom. The molecule has 0 radical (unpaired) electrons. The quantitative estimate of drug-likeness (QED) is 0.626. The number of benzene rings is 3. The maximum absolute atomic E-state index is 12.6. The number of amides is 1. The molecule has 0 bridgehead atoms. The highest BCUT2D eigenvalue weighted by molar-refractivity contribution is 6.31. The van der Waals surface area contributed by atoms with E-state index < -0.39 is 12.0 Å². The Kier molecular flexibility index (Phi) is 6.45. The van der Waals surface area contributed by atoms with Crippen molar-refractivity contribution in [2.24, 2.45) is 0 Å². The van der Waals surface area contributed by atoms with Gasteiger partial charge in [0.15, 0.2) is 0 Å². The molecular formula is C23H20ClNO3. The highest BCUT2D eigenvalue weighted by Gasteiger charge is 2.23. The van der Waals surface area contributed by atoms with Gasteiger partial charge >= 0.3 is 5.97 Å². The largest absolute Gasteiger partial charge is 0.467 e. The minimum Gasteiger partial charge on any atom is -0.467 e. The Balaban J connectivity index is 1.74. The van der Waals surface area contributed by atoms with Crippen LogP contribution in [0.1, 0.15) is 15.9 Å². The molecule has 0 spiro atoms. The molecule has 0 saturated carbocycles. The minimum atomic E-state index is -0.828. The molecule has 0 fully saturated rings. The lowest BCUT2D eigenvalue weighted by Gasteiger charge is -2.17. The van der Waals surface area contributed by atoms with E-state index in [9.17, 15) is 9.59 Å². The number of rotatable bonds is 6. The number of methoxy groups -OCH3 is 1.